The predicted octanol–water partition coefficient (Wildman–Crippen LogP) is 2.63. The van der Waals surface area contributed by atoms with Crippen LogP contribution in [-0.4, -0.2) is 20.4 Å². The minimum Gasteiger partial charge on any atom is -0.288 e. The Labute approximate surface area is 107 Å². The number of rotatable bonds is 2. The molecule has 0 radical (unpaired) electrons. The summed E-state index contributed by atoms with van der Waals surface area (Å²) in [6, 6.07) is 9.36. The number of aryl methyl sites for hydroxylation is 1. The summed E-state index contributed by atoms with van der Waals surface area (Å²) in [6.45, 7) is 1.79. The van der Waals surface area contributed by atoms with Gasteiger partial charge in [0.1, 0.15) is 4.88 Å². The summed E-state index contributed by atoms with van der Waals surface area (Å²) >= 11 is 1.13. The molecular formula is C13H9N3OS. The van der Waals surface area contributed by atoms with Gasteiger partial charge in [-0.3, -0.25) is 9.78 Å². The van der Waals surface area contributed by atoms with Gasteiger partial charge in [-0.25, -0.2) is 0 Å². The van der Waals surface area contributed by atoms with Crippen molar-refractivity contribution in [3.05, 3.63) is 52.7 Å². The number of nitrogens with zero attached hydrogens (tertiary/aromatic N) is 3. The molecule has 0 saturated carbocycles. The molecule has 0 N–H and O–H groups in total. The Morgan fingerprint density at radius 2 is 2.17 bits per heavy atom. The Balaban J connectivity index is 2.10. The third-order valence-electron chi connectivity index (χ3n) is 2.73. The van der Waals surface area contributed by atoms with E-state index >= 15 is 0 Å². The second-order valence-corrected chi connectivity index (χ2v) is 4.68. The second-order valence-electron chi connectivity index (χ2n) is 3.93. The van der Waals surface area contributed by atoms with Gasteiger partial charge in [-0.1, -0.05) is 22.7 Å². The molecule has 0 spiro atoms. The van der Waals surface area contributed by atoms with E-state index in [1.807, 2.05) is 24.3 Å². The standard InChI is InChI=1S/C13H9N3OS/c1-8-13(18-16-15-8)12(17)10-5-4-9-3-2-6-14-11(9)7-10/h2-7H,1H3. The molecule has 0 amide bonds. The summed E-state index contributed by atoms with van der Waals surface area (Å²) in [5.41, 5.74) is 2.11. The molecule has 0 saturated heterocycles. The first-order valence-corrected chi connectivity index (χ1v) is 6.21. The van der Waals surface area contributed by atoms with Gasteiger partial charge in [0.2, 0.25) is 5.78 Å². The Morgan fingerprint density at radius 3 is 2.94 bits per heavy atom. The lowest BCUT2D eigenvalue weighted by molar-refractivity contribution is 0.104. The topological polar surface area (TPSA) is 55.7 Å². The SMILES string of the molecule is Cc1nnsc1C(=O)c1ccc2cccnc2c1. The average molecular weight is 255 g/mol. The highest BCUT2D eigenvalue weighted by Crippen LogP contribution is 2.19. The fourth-order valence-corrected chi connectivity index (χ4v) is 2.40. The summed E-state index contributed by atoms with van der Waals surface area (Å²) in [6.07, 6.45) is 1.72. The zero-order chi connectivity index (χ0) is 12.5. The third kappa shape index (κ3) is 1.78. The maximum atomic E-state index is 12.3. The van der Waals surface area contributed by atoms with E-state index < -0.39 is 0 Å². The first-order valence-electron chi connectivity index (χ1n) is 5.44. The van der Waals surface area contributed by atoms with Crippen molar-refractivity contribution in [1.29, 1.82) is 0 Å². The van der Waals surface area contributed by atoms with Crippen molar-refractivity contribution in [2.45, 2.75) is 6.92 Å². The van der Waals surface area contributed by atoms with Crippen LogP contribution in [-0.2, 0) is 0 Å². The quantitative estimate of drug-likeness (QED) is 0.660. The highest BCUT2D eigenvalue weighted by atomic mass is 32.1. The van der Waals surface area contributed by atoms with Gasteiger partial charge in [0.25, 0.3) is 0 Å². The summed E-state index contributed by atoms with van der Waals surface area (Å²) in [5, 5.41) is 4.88. The number of ketones is 1. The Kier molecular flexibility index (Phi) is 2.60. The molecule has 0 aliphatic carbocycles. The minimum absolute atomic E-state index is 0.0462. The summed E-state index contributed by atoms with van der Waals surface area (Å²) in [4.78, 5) is 17.1. The largest absolute Gasteiger partial charge is 0.288 e. The zero-order valence-corrected chi connectivity index (χ0v) is 10.4. The molecule has 5 heteroatoms. The Bertz CT molecular complexity index is 736. The van der Waals surface area contributed by atoms with Crippen LogP contribution in [0.15, 0.2) is 36.5 Å². The van der Waals surface area contributed by atoms with E-state index in [4.69, 9.17) is 0 Å². The molecule has 2 aromatic heterocycles. The molecule has 0 unspecified atom stereocenters. The fraction of sp³-hybridized carbons (Fsp3) is 0.0769. The minimum atomic E-state index is -0.0462. The smallest absolute Gasteiger partial charge is 0.206 e. The van der Waals surface area contributed by atoms with Crippen LogP contribution in [0.4, 0.5) is 0 Å². The highest BCUT2D eigenvalue weighted by Gasteiger charge is 2.15. The van der Waals surface area contributed by atoms with Crippen molar-refractivity contribution in [2.75, 3.05) is 0 Å². The van der Waals surface area contributed by atoms with Crippen LogP contribution in [0.3, 0.4) is 0 Å². The van der Waals surface area contributed by atoms with E-state index in [2.05, 4.69) is 14.6 Å². The Hall–Kier alpha value is -2.14. The molecule has 2 heterocycles. The summed E-state index contributed by atoms with van der Waals surface area (Å²) < 4.78 is 3.79. The second kappa shape index (κ2) is 4.27. The number of aromatic nitrogens is 3. The highest BCUT2D eigenvalue weighted by molar-refractivity contribution is 7.08. The van der Waals surface area contributed by atoms with Crippen LogP contribution in [0.5, 0.6) is 0 Å². The first kappa shape index (κ1) is 11.0. The fourth-order valence-electron chi connectivity index (χ4n) is 1.78. The Morgan fingerprint density at radius 1 is 1.28 bits per heavy atom. The first-order chi connectivity index (χ1) is 8.75. The van der Waals surface area contributed by atoms with Gasteiger partial charge in [0.15, 0.2) is 0 Å². The average Bonchev–Trinajstić information content (AvgIpc) is 2.83. The zero-order valence-electron chi connectivity index (χ0n) is 9.62. The number of benzene rings is 1. The lowest BCUT2D eigenvalue weighted by atomic mass is 10.1. The molecule has 18 heavy (non-hydrogen) atoms. The van der Waals surface area contributed by atoms with E-state index in [-0.39, 0.29) is 5.78 Å². The van der Waals surface area contributed by atoms with Gasteiger partial charge in [0, 0.05) is 17.1 Å². The molecule has 3 rings (SSSR count). The van der Waals surface area contributed by atoms with Crippen molar-refractivity contribution < 1.29 is 4.79 Å². The number of pyridine rings is 1. The van der Waals surface area contributed by atoms with Gasteiger partial charge >= 0.3 is 0 Å². The predicted molar refractivity (Wildman–Crippen MR) is 69.8 cm³/mol. The lowest BCUT2D eigenvalue weighted by Crippen LogP contribution is -2.00. The monoisotopic (exact) mass is 255 g/mol. The summed E-state index contributed by atoms with van der Waals surface area (Å²) in [5.74, 6) is -0.0462. The molecule has 88 valence electrons. The maximum Gasteiger partial charge on any atom is 0.206 e. The molecule has 3 aromatic rings. The van der Waals surface area contributed by atoms with Crippen LogP contribution in [0.2, 0.25) is 0 Å². The number of carbonyl (C=O) groups is 1. The van der Waals surface area contributed by atoms with Crippen LogP contribution in [0.1, 0.15) is 20.9 Å². The van der Waals surface area contributed by atoms with E-state index in [9.17, 15) is 4.79 Å². The third-order valence-corrected chi connectivity index (χ3v) is 3.55. The molecular weight excluding hydrogens is 246 g/mol. The molecule has 4 nitrogen and oxygen atoms in total. The molecule has 0 atom stereocenters. The normalized spacial score (nSPS) is 10.7. The van der Waals surface area contributed by atoms with Crippen LogP contribution in [0, 0.1) is 6.92 Å². The summed E-state index contributed by atoms with van der Waals surface area (Å²) in [7, 11) is 0. The molecule has 0 aliphatic rings. The lowest BCUT2D eigenvalue weighted by Gasteiger charge is -2.01. The number of carbonyl (C=O) groups excluding carboxylic acids is 1. The molecule has 0 fully saturated rings. The van der Waals surface area contributed by atoms with Gasteiger partial charge in [0.05, 0.1) is 11.2 Å². The van der Waals surface area contributed by atoms with Gasteiger partial charge in [-0.2, -0.15) is 0 Å². The van der Waals surface area contributed by atoms with E-state index in [0.29, 0.717) is 16.1 Å². The number of fused-ring (bicyclic) bond motifs is 1. The van der Waals surface area contributed by atoms with E-state index in [1.165, 1.54) is 0 Å². The molecule has 0 bridgehead atoms. The number of hydrogen-bond acceptors (Lipinski definition) is 5. The van der Waals surface area contributed by atoms with E-state index in [1.54, 1.807) is 19.2 Å². The van der Waals surface area contributed by atoms with Crippen LogP contribution >= 0.6 is 11.5 Å². The molecule has 1 aromatic carbocycles. The van der Waals surface area contributed by atoms with Crippen LogP contribution < -0.4 is 0 Å². The van der Waals surface area contributed by atoms with E-state index in [0.717, 1.165) is 22.4 Å². The van der Waals surface area contributed by atoms with Crippen molar-refractivity contribution in [2.24, 2.45) is 0 Å². The molecule has 0 aliphatic heterocycles. The number of hydrogen-bond donors (Lipinski definition) is 0. The van der Waals surface area contributed by atoms with Crippen molar-refractivity contribution in [1.82, 2.24) is 14.6 Å². The van der Waals surface area contributed by atoms with Crippen molar-refractivity contribution in [3.8, 4) is 0 Å². The van der Waals surface area contributed by atoms with Crippen LogP contribution in [0.25, 0.3) is 10.9 Å². The van der Waals surface area contributed by atoms with Crippen molar-refractivity contribution in [3.63, 3.8) is 0 Å². The van der Waals surface area contributed by atoms with Crippen molar-refractivity contribution >= 4 is 28.2 Å². The van der Waals surface area contributed by atoms with Gasteiger partial charge < -0.3 is 0 Å². The maximum absolute atomic E-state index is 12.3. The van der Waals surface area contributed by atoms with Gasteiger partial charge in [-0.05, 0) is 30.6 Å². The van der Waals surface area contributed by atoms with Gasteiger partial charge in [-0.15, -0.1) is 5.10 Å².